The Labute approximate surface area is 78.0 Å². The molecule has 0 spiro atoms. The Balaban J connectivity index is 0.000000810. The van der Waals surface area contributed by atoms with Gasteiger partial charge in [-0.2, -0.15) is 0 Å². The molecule has 0 saturated heterocycles. The summed E-state index contributed by atoms with van der Waals surface area (Å²) in [6.45, 7) is 0. The van der Waals surface area contributed by atoms with E-state index in [0.29, 0.717) is 5.56 Å². The van der Waals surface area contributed by atoms with Crippen LogP contribution < -0.4 is 0 Å². The number of hydrogen-bond acceptors (Lipinski definition) is 2. The van der Waals surface area contributed by atoms with Crippen molar-refractivity contribution >= 4 is 18.9 Å². The zero-order chi connectivity index (χ0) is 6.69. The molecule has 10 heavy (non-hydrogen) atoms. The third-order valence-electron chi connectivity index (χ3n) is 1.03. The Morgan fingerprint density at radius 3 is 2.10 bits per heavy atom. The van der Waals surface area contributed by atoms with Crippen molar-refractivity contribution in [2.45, 2.75) is 4.90 Å². The van der Waals surface area contributed by atoms with Crippen LogP contribution in [0.1, 0.15) is 10.4 Å². The zero-order valence-corrected chi connectivity index (χ0v) is 9.31. The first-order valence-corrected chi connectivity index (χ1v) is 3.02. The quantitative estimate of drug-likeness (QED) is 0.418. The maximum atomic E-state index is 10.1. The van der Waals surface area contributed by atoms with E-state index in [2.05, 4.69) is 12.6 Å². The van der Waals surface area contributed by atoms with Crippen LogP contribution in [0.4, 0.5) is 0 Å². The second-order valence-electron chi connectivity index (χ2n) is 1.71. The van der Waals surface area contributed by atoms with Gasteiger partial charge in [-0.1, -0.05) is 12.1 Å². The van der Waals surface area contributed by atoms with Crippen LogP contribution in [0.5, 0.6) is 0 Å². The van der Waals surface area contributed by atoms with Gasteiger partial charge in [-0.25, -0.2) is 0 Å². The molecule has 0 aliphatic carbocycles. The molecule has 0 saturated carbocycles. The van der Waals surface area contributed by atoms with Crippen LogP contribution in [0.2, 0.25) is 0 Å². The smallest absolute Gasteiger partial charge is 0.150 e. The summed E-state index contributed by atoms with van der Waals surface area (Å²) >= 11 is 4.05. The van der Waals surface area contributed by atoms with Gasteiger partial charge in [0.15, 0.2) is 0 Å². The zero-order valence-electron chi connectivity index (χ0n) is 5.45. The summed E-state index contributed by atoms with van der Waals surface area (Å²) in [4.78, 5) is 11.0. The van der Waals surface area contributed by atoms with E-state index in [-0.39, 0.29) is 19.5 Å². The third kappa shape index (κ3) is 2.63. The van der Waals surface area contributed by atoms with Crippen LogP contribution >= 0.6 is 12.6 Å². The Morgan fingerprint density at radius 1 is 1.20 bits per heavy atom. The van der Waals surface area contributed by atoms with E-state index < -0.39 is 0 Å². The molecular weight excluding hydrogens is 198 g/mol. The van der Waals surface area contributed by atoms with Crippen LogP contribution in [-0.4, -0.2) is 6.29 Å². The normalized spacial score (nSPS) is 8.10. The van der Waals surface area contributed by atoms with Gasteiger partial charge in [-0.3, -0.25) is 4.79 Å². The molecule has 0 heterocycles. The van der Waals surface area contributed by atoms with E-state index in [1.165, 1.54) is 0 Å². The maximum absolute atomic E-state index is 10.1. The van der Waals surface area contributed by atoms with Crippen molar-refractivity contribution in [3.8, 4) is 0 Å². The first kappa shape index (κ1) is 9.86. The molecular formula is C7H6OSZn. The fraction of sp³-hybridized carbons (Fsp3) is 0. The molecule has 0 aliphatic heterocycles. The summed E-state index contributed by atoms with van der Waals surface area (Å²) < 4.78 is 0. The standard InChI is InChI=1S/C7H6OS.Zn/c8-5-6-1-3-7(9)4-2-6;/h1-5,9H;. The van der Waals surface area contributed by atoms with Crippen molar-refractivity contribution < 1.29 is 24.3 Å². The van der Waals surface area contributed by atoms with Crippen LogP contribution in [-0.2, 0) is 19.5 Å². The Morgan fingerprint density at radius 2 is 1.70 bits per heavy atom. The summed E-state index contributed by atoms with van der Waals surface area (Å²) in [5.74, 6) is 0. The molecule has 0 aliphatic rings. The van der Waals surface area contributed by atoms with Gasteiger partial charge in [0, 0.05) is 29.9 Å². The van der Waals surface area contributed by atoms with Crippen molar-refractivity contribution in [2.24, 2.45) is 0 Å². The number of hydrogen-bond donors (Lipinski definition) is 1. The van der Waals surface area contributed by atoms with E-state index in [0.717, 1.165) is 11.2 Å². The summed E-state index contributed by atoms with van der Waals surface area (Å²) in [6, 6.07) is 7.03. The van der Waals surface area contributed by atoms with Gasteiger partial charge >= 0.3 is 0 Å². The Hall–Kier alpha value is -0.137. The molecule has 1 aromatic rings. The average Bonchev–Trinajstić information content (AvgIpc) is 1.90. The molecule has 0 atom stereocenters. The summed E-state index contributed by atoms with van der Waals surface area (Å²) in [5.41, 5.74) is 0.688. The number of benzene rings is 1. The van der Waals surface area contributed by atoms with E-state index in [4.69, 9.17) is 0 Å². The minimum absolute atomic E-state index is 0. The van der Waals surface area contributed by atoms with Gasteiger partial charge in [0.05, 0.1) is 0 Å². The van der Waals surface area contributed by atoms with E-state index in [1.54, 1.807) is 24.3 Å². The van der Waals surface area contributed by atoms with Crippen molar-refractivity contribution in [1.29, 1.82) is 0 Å². The van der Waals surface area contributed by atoms with Gasteiger partial charge in [0.2, 0.25) is 0 Å². The number of carbonyl (C=O) groups excluding carboxylic acids is 1. The van der Waals surface area contributed by atoms with Gasteiger partial charge in [0.1, 0.15) is 6.29 Å². The van der Waals surface area contributed by atoms with Crippen LogP contribution in [0.15, 0.2) is 29.2 Å². The van der Waals surface area contributed by atoms with Crippen molar-refractivity contribution in [2.75, 3.05) is 0 Å². The fourth-order valence-electron chi connectivity index (χ4n) is 0.553. The fourth-order valence-corrected chi connectivity index (χ4v) is 0.702. The summed E-state index contributed by atoms with van der Waals surface area (Å²) in [5, 5.41) is 0. The minimum Gasteiger partial charge on any atom is -0.298 e. The third-order valence-corrected chi connectivity index (χ3v) is 1.33. The molecule has 0 amide bonds. The van der Waals surface area contributed by atoms with Gasteiger partial charge in [-0.05, 0) is 12.1 Å². The average molecular weight is 204 g/mol. The summed E-state index contributed by atoms with van der Waals surface area (Å²) in [6.07, 6.45) is 0.813. The molecule has 0 unspecified atom stereocenters. The molecule has 0 bridgehead atoms. The topological polar surface area (TPSA) is 17.1 Å². The number of carbonyl (C=O) groups is 1. The predicted molar refractivity (Wildman–Crippen MR) is 39.1 cm³/mol. The molecule has 48 valence electrons. The van der Waals surface area contributed by atoms with E-state index in [1.807, 2.05) is 0 Å². The summed E-state index contributed by atoms with van der Waals surface area (Å²) in [7, 11) is 0. The Bertz CT molecular complexity index is 207. The van der Waals surface area contributed by atoms with Gasteiger partial charge in [-0.15, -0.1) is 12.6 Å². The van der Waals surface area contributed by atoms with Crippen molar-refractivity contribution in [1.82, 2.24) is 0 Å². The van der Waals surface area contributed by atoms with Crippen molar-refractivity contribution in [3.05, 3.63) is 29.8 Å². The first-order valence-electron chi connectivity index (χ1n) is 2.57. The van der Waals surface area contributed by atoms with Crippen LogP contribution in [0.25, 0.3) is 0 Å². The van der Waals surface area contributed by atoms with Crippen LogP contribution in [0.3, 0.4) is 0 Å². The SMILES string of the molecule is O=Cc1ccc(S)cc1.[Zn]. The Kier molecular flexibility index (Phi) is 4.58. The maximum Gasteiger partial charge on any atom is 0.150 e. The predicted octanol–water partition coefficient (Wildman–Crippen LogP) is 1.79. The molecule has 1 rings (SSSR count). The van der Waals surface area contributed by atoms with E-state index >= 15 is 0 Å². The second-order valence-corrected chi connectivity index (χ2v) is 2.23. The second kappa shape index (κ2) is 4.64. The molecule has 1 nitrogen and oxygen atoms in total. The first-order chi connectivity index (χ1) is 4.33. The number of rotatable bonds is 1. The van der Waals surface area contributed by atoms with Crippen molar-refractivity contribution in [3.63, 3.8) is 0 Å². The molecule has 1 aromatic carbocycles. The monoisotopic (exact) mass is 202 g/mol. The van der Waals surface area contributed by atoms with Gasteiger partial charge in [0.25, 0.3) is 0 Å². The molecule has 0 fully saturated rings. The van der Waals surface area contributed by atoms with E-state index in [9.17, 15) is 4.79 Å². The molecule has 0 N–H and O–H groups in total. The molecule has 0 aromatic heterocycles. The molecule has 0 radical (unpaired) electrons. The molecule has 3 heteroatoms. The number of aldehydes is 1. The largest absolute Gasteiger partial charge is 0.298 e. The minimum atomic E-state index is 0. The van der Waals surface area contributed by atoms with Crippen LogP contribution in [0, 0.1) is 0 Å². The van der Waals surface area contributed by atoms with Gasteiger partial charge < -0.3 is 0 Å². The number of thiol groups is 1.